The zero-order valence-electron chi connectivity index (χ0n) is 17.3. The minimum atomic E-state index is -0.714. The van der Waals surface area contributed by atoms with Crippen molar-refractivity contribution in [3.05, 3.63) is 90.0 Å². The highest BCUT2D eigenvalue weighted by Crippen LogP contribution is 2.42. The molecule has 0 aliphatic carbocycles. The number of hydrogen-bond acceptors (Lipinski definition) is 4. The maximum Gasteiger partial charge on any atom is 0.232 e. The zero-order chi connectivity index (χ0) is 21.1. The standard InChI is InChI=1S/C25H24N2O2S/c1-25(2,23(28)27-24-26-20-11-7-8-12-21(20)30-24)22(17-9-5-4-6-10-17)18-13-15-19(29-3)16-14-18/h4-16,22H,1-3H3,(H,26,27,28). The summed E-state index contributed by atoms with van der Waals surface area (Å²) in [5.74, 6) is 0.604. The molecule has 4 rings (SSSR count). The lowest BCUT2D eigenvalue weighted by Gasteiger charge is -2.33. The Balaban J connectivity index is 1.69. The molecular weight excluding hydrogens is 392 g/mol. The van der Waals surface area contributed by atoms with Crippen LogP contribution in [0, 0.1) is 5.41 Å². The summed E-state index contributed by atoms with van der Waals surface area (Å²) < 4.78 is 6.37. The van der Waals surface area contributed by atoms with Crippen molar-refractivity contribution in [2.24, 2.45) is 5.41 Å². The summed E-state index contributed by atoms with van der Waals surface area (Å²) >= 11 is 1.49. The summed E-state index contributed by atoms with van der Waals surface area (Å²) in [4.78, 5) is 18.0. The smallest absolute Gasteiger partial charge is 0.232 e. The number of hydrogen-bond donors (Lipinski definition) is 1. The predicted molar refractivity (Wildman–Crippen MR) is 123 cm³/mol. The van der Waals surface area contributed by atoms with E-state index in [1.165, 1.54) is 11.3 Å². The van der Waals surface area contributed by atoms with Gasteiger partial charge in [0.1, 0.15) is 5.75 Å². The fraction of sp³-hybridized carbons (Fsp3) is 0.200. The average Bonchev–Trinajstić information content (AvgIpc) is 3.17. The van der Waals surface area contributed by atoms with Crippen molar-refractivity contribution in [3.63, 3.8) is 0 Å². The van der Waals surface area contributed by atoms with Crippen LogP contribution in [0.4, 0.5) is 5.13 Å². The molecule has 4 nitrogen and oxygen atoms in total. The number of thiazole rings is 1. The summed E-state index contributed by atoms with van der Waals surface area (Å²) in [6.07, 6.45) is 0. The number of fused-ring (bicyclic) bond motifs is 1. The Labute approximate surface area is 180 Å². The molecule has 0 radical (unpaired) electrons. The molecule has 1 N–H and O–H groups in total. The number of nitrogens with one attached hydrogen (secondary N) is 1. The Morgan fingerprint density at radius 2 is 1.57 bits per heavy atom. The number of anilines is 1. The minimum absolute atomic E-state index is 0.0637. The van der Waals surface area contributed by atoms with Crippen molar-refractivity contribution >= 4 is 32.6 Å². The molecule has 0 saturated carbocycles. The third-order valence-corrected chi connectivity index (χ3v) is 6.36. The van der Waals surface area contributed by atoms with Crippen molar-refractivity contribution in [2.75, 3.05) is 12.4 Å². The lowest BCUT2D eigenvalue weighted by molar-refractivity contribution is -0.124. The van der Waals surface area contributed by atoms with Crippen LogP contribution in [-0.4, -0.2) is 18.0 Å². The molecule has 0 saturated heterocycles. The highest BCUT2D eigenvalue weighted by molar-refractivity contribution is 7.22. The van der Waals surface area contributed by atoms with Gasteiger partial charge in [-0.15, -0.1) is 0 Å². The fourth-order valence-corrected chi connectivity index (χ4v) is 4.64. The molecule has 0 fully saturated rings. The summed E-state index contributed by atoms with van der Waals surface area (Å²) in [5, 5.41) is 3.68. The van der Waals surface area contributed by atoms with Crippen LogP contribution in [0.1, 0.15) is 30.9 Å². The molecule has 1 unspecified atom stereocenters. The van der Waals surface area contributed by atoms with Crippen molar-refractivity contribution in [1.29, 1.82) is 0 Å². The molecule has 5 heteroatoms. The lowest BCUT2D eigenvalue weighted by Crippen LogP contribution is -2.37. The maximum absolute atomic E-state index is 13.5. The van der Waals surface area contributed by atoms with E-state index in [2.05, 4.69) is 22.4 Å². The zero-order valence-corrected chi connectivity index (χ0v) is 18.1. The third kappa shape index (κ3) is 3.94. The second-order valence-corrected chi connectivity index (χ2v) is 8.81. The van der Waals surface area contributed by atoms with Gasteiger partial charge in [0.2, 0.25) is 5.91 Å². The summed E-state index contributed by atoms with van der Waals surface area (Å²) in [7, 11) is 1.65. The molecular formula is C25H24N2O2S. The second-order valence-electron chi connectivity index (χ2n) is 7.78. The van der Waals surface area contributed by atoms with Crippen LogP contribution < -0.4 is 10.1 Å². The van der Waals surface area contributed by atoms with Crippen LogP contribution in [0.15, 0.2) is 78.9 Å². The highest BCUT2D eigenvalue weighted by Gasteiger charge is 2.39. The first-order chi connectivity index (χ1) is 14.5. The molecule has 0 bridgehead atoms. The molecule has 0 aliphatic rings. The van der Waals surface area contributed by atoms with Crippen LogP contribution >= 0.6 is 11.3 Å². The molecule has 152 valence electrons. The number of para-hydroxylation sites is 1. The molecule has 30 heavy (non-hydrogen) atoms. The number of benzene rings is 3. The van der Waals surface area contributed by atoms with E-state index in [1.807, 2.05) is 80.6 Å². The SMILES string of the molecule is COc1ccc(C(c2ccccc2)C(C)(C)C(=O)Nc2nc3ccccc3s2)cc1. The summed E-state index contributed by atoms with van der Waals surface area (Å²) in [5.41, 5.74) is 2.33. The number of aromatic nitrogens is 1. The van der Waals surface area contributed by atoms with E-state index in [-0.39, 0.29) is 11.8 Å². The lowest BCUT2D eigenvalue weighted by atomic mass is 9.70. The molecule has 3 aromatic carbocycles. The molecule has 0 aliphatic heterocycles. The minimum Gasteiger partial charge on any atom is -0.497 e. The van der Waals surface area contributed by atoms with Gasteiger partial charge in [-0.25, -0.2) is 4.98 Å². The first-order valence-corrected chi connectivity index (χ1v) is 10.7. The Morgan fingerprint density at radius 1 is 0.933 bits per heavy atom. The number of ether oxygens (including phenoxy) is 1. The van der Waals surface area contributed by atoms with E-state index in [0.29, 0.717) is 5.13 Å². The molecule has 0 spiro atoms. The first-order valence-electron chi connectivity index (χ1n) is 9.85. The van der Waals surface area contributed by atoms with Crippen LogP contribution in [0.25, 0.3) is 10.2 Å². The number of carbonyl (C=O) groups is 1. The Bertz CT molecular complexity index is 1120. The highest BCUT2D eigenvalue weighted by atomic mass is 32.1. The van der Waals surface area contributed by atoms with Gasteiger partial charge in [-0.1, -0.05) is 79.8 Å². The van der Waals surface area contributed by atoms with Crippen molar-refractivity contribution < 1.29 is 9.53 Å². The number of rotatable bonds is 6. The van der Waals surface area contributed by atoms with E-state index in [0.717, 1.165) is 27.1 Å². The normalized spacial score (nSPS) is 12.5. The maximum atomic E-state index is 13.5. The molecule has 1 heterocycles. The Hall–Kier alpha value is -3.18. The summed E-state index contributed by atoms with van der Waals surface area (Å²) in [6.45, 7) is 3.97. The van der Waals surface area contributed by atoms with Gasteiger partial charge in [-0.05, 0) is 35.4 Å². The van der Waals surface area contributed by atoms with Gasteiger partial charge in [0.15, 0.2) is 5.13 Å². The Morgan fingerprint density at radius 3 is 2.23 bits per heavy atom. The topological polar surface area (TPSA) is 51.2 Å². The molecule has 4 aromatic rings. The monoisotopic (exact) mass is 416 g/mol. The van der Waals surface area contributed by atoms with Gasteiger partial charge in [-0.3, -0.25) is 4.79 Å². The van der Waals surface area contributed by atoms with E-state index >= 15 is 0 Å². The van der Waals surface area contributed by atoms with E-state index in [4.69, 9.17) is 4.74 Å². The van der Waals surface area contributed by atoms with Gasteiger partial charge in [0, 0.05) is 5.92 Å². The molecule has 1 aromatic heterocycles. The van der Waals surface area contributed by atoms with Crippen LogP contribution in [0.3, 0.4) is 0 Å². The third-order valence-electron chi connectivity index (χ3n) is 5.40. The van der Waals surface area contributed by atoms with E-state index in [1.54, 1.807) is 7.11 Å². The van der Waals surface area contributed by atoms with E-state index in [9.17, 15) is 4.79 Å². The van der Waals surface area contributed by atoms with Crippen molar-refractivity contribution in [1.82, 2.24) is 4.98 Å². The molecule has 1 amide bonds. The second kappa shape index (κ2) is 8.28. The van der Waals surface area contributed by atoms with Crippen molar-refractivity contribution in [3.8, 4) is 5.75 Å². The number of amides is 1. The first kappa shape index (κ1) is 20.1. The van der Waals surface area contributed by atoms with Crippen LogP contribution in [0.2, 0.25) is 0 Å². The van der Waals surface area contributed by atoms with E-state index < -0.39 is 5.41 Å². The van der Waals surface area contributed by atoms with Gasteiger partial charge in [0.25, 0.3) is 0 Å². The van der Waals surface area contributed by atoms with Crippen LogP contribution in [-0.2, 0) is 4.79 Å². The summed E-state index contributed by atoms with van der Waals surface area (Å²) in [6, 6.07) is 26.0. The van der Waals surface area contributed by atoms with Crippen molar-refractivity contribution in [2.45, 2.75) is 19.8 Å². The predicted octanol–water partition coefficient (Wildman–Crippen LogP) is 6.10. The number of carbonyl (C=O) groups excluding carboxylic acids is 1. The van der Waals surface area contributed by atoms with Crippen LogP contribution in [0.5, 0.6) is 5.75 Å². The number of nitrogens with zero attached hydrogens (tertiary/aromatic N) is 1. The van der Waals surface area contributed by atoms with Gasteiger partial charge < -0.3 is 10.1 Å². The van der Waals surface area contributed by atoms with Gasteiger partial charge in [0.05, 0.1) is 22.7 Å². The van der Waals surface area contributed by atoms with Gasteiger partial charge in [-0.2, -0.15) is 0 Å². The number of methoxy groups -OCH3 is 1. The average molecular weight is 417 g/mol. The largest absolute Gasteiger partial charge is 0.497 e. The fourth-order valence-electron chi connectivity index (χ4n) is 3.78. The van der Waals surface area contributed by atoms with Gasteiger partial charge >= 0.3 is 0 Å². The molecule has 1 atom stereocenters. The quantitative estimate of drug-likeness (QED) is 0.413. The Kier molecular flexibility index (Phi) is 5.55.